The minimum atomic E-state index is -0.208. The lowest BCUT2D eigenvalue weighted by Gasteiger charge is -2.34. The first-order valence-electron chi connectivity index (χ1n) is 6.06. The molecule has 0 bridgehead atoms. The molecule has 0 spiro atoms. The molecule has 3 rings (SSSR count). The van der Waals surface area contributed by atoms with Gasteiger partial charge in [-0.1, -0.05) is 0 Å². The van der Waals surface area contributed by atoms with E-state index < -0.39 is 0 Å². The van der Waals surface area contributed by atoms with Crippen LogP contribution in [-0.2, 0) is 9.53 Å². The van der Waals surface area contributed by atoms with Crippen molar-refractivity contribution in [3.8, 4) is 0 Å². The van der Waals surface area contributed by atoms with Crippen LogP contribution in [0.2, 0.25) is 0 Å². The molecule has 2 unspecified atom stereocenters. The van der Waals surface area contributed by atoms with E-state index in [2.05, 4.69) is 20.9 Å². The van der Waals surface area contributed by atoms with Crippen LogP contribution in [0.15, 0.2) is 0 Å². The summed E-state index contributed by atoms with van der Waals surface area (Å²) in [5, 5.41) is 18.3. The molecule has 4 N–H and O–H groups in total. The fraction of sp³-hybridized carbons (Fsp3) is 0.900. The number of carbonyl (C=O) groups excluding carboxylic acids is 1. The van der Waals surface area contributed by atoms with Gasteiger partial charge in [-0.3, -0.25) is 15.4 Å². The fourth-order valence-corrected chi connectivity index (χ4v) is 2.78. The maximum absolute atomic E-state index is 11.6. The molecule has 17 heavy (non-hydrogen) atoms. The normalized spacial score (nSPS) is 42.5. The van der Waals surface area contributed by atoms with Crippen molar-refractivity contribution in [3.63, 3.8) is 0 Å². The Morgan fingerprint density at radius 2 is 2.29 bits per heavy atom. The van der Waals surface area contributed by atoms with Crippen molar-refractivity contribution in [2.75, 3.05) is 19.9 Å². The number of amides is 1. The average Bonchev–Trinajstić information content (AvgIpc) is 2.94. The Morgan fingerprint density at radius 3 is 3.06 bits per heavy atom. The minimum Gasteiger partial charge on any atom is -0.394 e. The number of hydrogen-bond donors (Lipinski definition) is 4. The summed E-state index contributed by atoms with van der Waals surface area (Å²) >= 11 is 0. The smallest absolute Gasteiger partial charge is 0.241 e. The van der Waals surface area contributed by atoms with E-state index in [9.17, 15) is 4.79 Å². The Bertz CT molecular complexity index is 314. The highest BCUT2D eigenvalue weighted by Crippen LogP contribution is 2.26. The number of aliphatic hydroxyl groups is 1. The number of carbonyl (C=O) groups is 1. The third-order valence-electron chi connectivity index (χ3n) is 3.68. The summed E-state index contributed by atoms with van der Waals surface area (Å²) in [4.78, 5) is 13.8. The van der Waals surface area contributed by atoms with Gasteiger partial charge in [0.2, 0.25) is 5.91 Å². The van der Waals surface area contributed by atoms with Crippen LogP contribution >= 0.6 is 0 Å². The lowest BCUT2D eigenvalue weighted by molar-refractivity contribution is -0.127. The molecule has 0 aliphatic carbocycles. The van der Waals surface area contributed by atoms with E-state index in [-0.39, 0.29) is 37.1 Å². The van der Waals surface area contributed by atoms with Gasteiger partial charge in [0, 0.05) is 0 Å². The first kappa shape index (κ1) is 11.4. The van der Waals surface area contributed by atoms with Crippen molar-refractivity contribution in [2.24, 2.45) is 0 Å². The topological polar surface area (TPSA) is 85.9 Å². The molecule has 3 aliphatic rings. The second-order valence-electron chi connectivity index (χ2n) is 4.69. The molecule has 7 nitrogen and oxygen atoms in total. The SMILES string of the molecule is O=C1NCNC2C1NCN2[C@H]1CC[C@@H](CO)O1. The van der Waals surface area contributed by atoms with E-state index in [1.807, 2.05) is 0 Å². The lowest BCUT2D eigenvalue weighted by Crippen LogP contribution is -2.63. The summed E-state index contributed by atoms with van der Waals surface area (Å²) in [5.41, 5.74) is 0. The van der Waals surface area contributed by atoms with Crippen LogP contribution in [0.5, 0.6) is 0 Å². The van der Waals surface area contributed by atoms with Crippen LogP contribution in [-0.4, -0.2) is 60.4 Å². The van der Waals surface area contributed by atoms with Crippen LogP contribution in [0.4, 0.5) is 0 Å². The molecule has 0 aromatic carbocycles. The van der Waals surface area contributed by atoms with Crippen LogP contribution in [0.1, 0.15) is 12.8 Å². The third-order valence-corrected chi connectivity index (χ3v) is 3.68. The van der Waals surface area contributed by atoms with Gasteiger partial charge in [-0.05, 0) is 12.8 Å². The summed E-state index contributed by atoms with van der Waals surface area (Å²) in [5.74, 6) is 0.0351. The zero-order valence-corrected chi connectivity index (χ0v) is 9.56. The highest BCUT2D eigenvalue weighted by atomic mass is 16.5. The van der Waals surface area contributed by atoms with Gasteiger partial charge in [0.15, 0.2) is 0 Å². The molecule has 3 saturated heterocycles. The Labute approximate surface area is 99.5 Å². The van der Waals surface area contributed by atoms with E-state index in [0.29, 0.717) is 13.3 Å². The highest BCUT2D eigenvalue weighted by molar-refractivity contribution is 5.83. The maximum Gasteiger partial charge on any atom is 0.241 e. The van der Waals surface area contributed by atoms with E-state index in [1.54, 1.807) is 0 Å². The van der Waals surface area contributed by atoms with Gasteiger partial charge in [0.25, 0.3) is 0 Å². The number of fused-ring (bicyclic) bond motifs is 1. The molecule has 0 aromatic heterocycles. The molecule has 1 amide bonds. The molecular formula is C10H18N4O3. The van der Waals surface area contributed by atoms with Crippen LogP contribution in [0.3, 0.4) is 0 Å². The van der Waals surface area contributed by atoms with Crippen molar-refractivity contribution in [3.05, 3.63) is 0 Å². The first-order chi connectivity index (χ1) is 8.29. The van der Waals surface area contributed by atoms with Crippen LogP contribution < -0.4 is 16.0 Å². The molecule has 0 saturated carbocycles. The summed E-state index contributed by atoms with van der Waals surface area (Å²) in [6.45, 7) is 1.20. The summed E-state index contributed by atoms with van der Waals surface area (Å²) < 4.78 is 5.74. The van der Waals surface area contributed by atoms with Crippen molar-refractivity contribution < 1.29 is 14.6 Å². The van der Waals surface area contributed by atoms with Crippen LogP contribution in [0.25, 0.3) is 0 Å². The Kier molecular flexibility index (Phi) is 3.01. The Hall–Kier alpha value is -0.730. The van der Waals surface area contributed by atoms with Gasteiger partial charge in [-0.15, -0.1) is 0 Å². The fourth-order valence-electron chi connectivity index (χ4n) is 2.78. The van der Waals surface area contributed by atoms with Crippen molar-refractivity contribution in [2.45, 2.75) is 37.4 Å². The number of nitrogens with one attached hydrogen (secondary N) is 3. The van der Waals surface area contributed by atoms with E-state index >= 15 is 0 Å². The van der Waals surface area contributed by atoms with Gasteiger partial charge in [-0.25, -0.2) is 4.90 Å². The molecule has 3 fully saturated rings. The van der Waals surface area contributed by atoms with Crippen molar-refractivity contribution in [1.82, 2.24) is 20.9 Å². The Morgan fingerprint density at radius 1 is 1.41 bits per heavy atom. The standard InChI is InChI=1S/C10H18N4O3/c15-3-6-1-2-7(17-6)14-5-13-8-9(14)11-4-12-10(8)16/h6-9,11,13,15H,1-5H2,(H,12,16)/t6-,7+,8?,9?/m0/s1. The van der Waals surface area contributed by atoms with Crippen molar-refractivity contribution >= 4 is 5.91 Å². The van der Waals surface area contributed by atoms with E-state index in [0.717, 1.165) is 12.8 Å². The van der Waals surface area contributed by atoms with Gasteiger partial charge in [-0.2, -0.15) is 0 Å². The molecular weight excluding hydrogens is 224 g/mol. The van der Waals surface area contributed by atoms with E-state index in [1.165, 1.54) is 0 Å². The third kappa shape index (κ3) is 1.94. The maximum atomic E-state index is 11.6. The second-order valence-corrected chi connectivity index (χ2v) is 4.69. The van der Waals surface area contributed by atoms with Gasteiger partial charge < -0.3 is 15.2 Å². The van der Waals surface area contributed by atoms with E-state index in [4.69, 9.17) is 9.84 Å². The van der Waals surface area contributed by atoms with Crippen molar-refractivity contribution in [1.29, 1.82) is 0 Å². The highest BCUT2D eigenvalue weighted by Gasteiger charge is 2.45. The molecule has 7 heteroatoms. The zero-order valence-electron chi connectivity index (χ0n) is 9.56. The molecule has 0 radical (unpaired) electrons. The van der Waals surface area contributed by atoms with Gasteiger partial charge in [0.1, 0.15) is 12.3 Å². The average molecular weight is 242 g/mol. The Balaban J connectivity index is 1.67. The summed E-state index contributed by atoms with van der Waals surface area (Å²) in [6, 6.07) is -0.208. The van der Waals surface area contributed by atoms with Crippen LogP contribution in [0, 0.1) is 0 Å². The molecule has 3 heterocycles. The quantitative estimate of drug-likeness (QED) is 0.436. The molecule has 0 aromatic rings. The largest absolute Gasteiger partial charge is 0.394 e. The molecule has 3 aliphatic heterocycles. The summed E-state index contributed by atoms with van der Waals surface area (Å²) in [6.07, 6.45) is 1.71. The monoisotopic (exact) mass is 242 g/mol. The minimum absolute atomic E-state index is 0.00644. The molecule has 96 valence electrons. The number of ether oxygens (including phenoxy) is 1. The van der Waals surface area contributed by atoms with Gasteiger partial charge in [0.05, 0.1) is 32.2 Å². The first-order valence-corrected chi connectivity index (χ1v) is 6.06. The molecule has 4 atom stereocenters. The predicted octanol–water partition coefficient (Wildman–Crippen LogP) is -2.28. The lowest BCUT2D eigenvalue weighted by atomic mass is 10.1. The number of nitrogens with zero attached hydrogens (tertiary/aromatic N) is 1. The number of aliphatic hydroxyl groups excluding tert-OH is 1. The second kappa shape index (κ2) is 4.51. The van der Waals surface area contributed by atoms with Gasteiger partial charge >= 0.3 is 0 Å². The number of rotatable bonds is 2. The predicted molar refractivity (Wildman–Crippen MR) is 58.5 cm³/mol. The zero-order chi connectivity index (χ0) is 11.8. The number of hydrogen-bond acceptors (Lipinski definition) is 6. The summed E-state index contributed by atoms with van der Waals surface area (Å²) in [7, 11) is 0.